The van der Waals surface area contributed by atoms with Gasteiger partial charge in [-0.15, -0.1) is 0 Å². The Balaban J connectivity index is 1.70. The number of benzene rings is 1. The first kappa shape index (κ1) is 16.6. The first-order chi connectivity index (χ1) is 10.6. The van der Waals surface area contributed by atoms with E-state index in [1.807, 2.05) is 29.8 Å². The summed E-state index contributed by atoms with van der Waals surface area (Å²) in [5, 5.41) is 9.98. The number of ether oxygens (including phenoxy) is 1. The van der Waals surface area contributed by atoms with E-state index in [4.69, 9.17) is 4.74 Å². The molecule has 2 rings (SSSR count). The molecule has 1 aromatic carbocycles. The number of hydrogen-bond donors (Lipinski definition) is 1. The molecule has 0 aliphatic heterocycles. The van der Waals surface area contributed by atoms with E-state index in [2.05, 4.69) is 4.98 Å². The predicted molar refractivity (Wildman–Crippen MR) is 81.6 cm³/mol. The molecule has 0 saturated heterocycles. The third-order valence-electron chi connectivity index (χ3n) is 3.38. The molecular weight excluding hydrogens is 285 g/mol. The lowest BCUT2D eigenvalue weighted by molar-refractivity contribution is 0.0115. The molecule has 0 spiro atoms. The van der Waals surface area contributed by atoms with E-state index < -0.39 is 6.10 Å². The van der Waals surface area contributed by atoms with Crippen LogP contribution in [0.4, 0.5) is 4.39 Å². The summed E-state index contributed by atoms with van der Waals surface area (Å²) >= 11 is 0. The molecule has 2 aromatic rings. The first-order valence-electron chi connectivity index (χ1n) is 7.20. The van der Waals surface area contributed by atoms with Crippen molar-refractivity contribution >= 4 is 0 Å². The second-order valence-corrected chi connectivity index (χ2v) is 5.41. The van der Waals surface area contributed by atoms with Crippen LogP contribution in [0.3, 0.4) is 0 Å². The zero-order valence-electron chi connectivity index (χ0n) is 12.9. The Kier molecular flexibility index (Phi) is 6.06. The fourth-order valence-electron chi connectivity index (χ4n) is 2.19. The molecule has 0 saturated carbocycles. The number of likely N-dealkylation sites (N-methyl/N-ethyl adjacent to an activating group) is 1. The van der Waals surface area contributed by atoms with Gasteiger partial charge < -0.3 is 14.4 Å². The molecule has 1 unspecified atom stereocenters. The maximum absolute atomic E-state index is 13.4. The summed E-state index contributed by atoms with van der Waals surface area (Å²) in [4.78, 5) is 6.21. The van der Waals surface area contributed by atoms with Crippen molar-refractivity contribution < 1.29 is 14.2 Å². The minimum absolute atomic E-state index is 0.160. The average Bonchev–Trinajstić information content (AvgIpc) is 2.86. The van der Waals surface area contributed by atoms with E-state index in [0.29, 0.717) is 18.7 Å². The second-order valence-electron chi connectivity index (χ2n) is 5.41. The lowest BCUT2D eigenvalue weighted by atomic mass is 10.2. The van der Waals surface area contributed by atoms with Crippen molar-refractivity contribution in [2.75, 3.05) is 20.2 Å². The lowest BCUT2D eigenvalue weighted by Gasteiger charge is -2.20. The Hall–Kier alpha value is -1.76. The zero-order chi connectivity index (χ0) is 15.9. The minimum atomic E-state index is -0.628. The van der Waals surface area contributed by atoms with E-state index in [-0.39, 0.29) is 19.0 Å². The maximum atomic E-state index is 13.4. The SMILES string of the molecule is CN(Cc1nccn1C)CC(O)COCc1ccccc1F. The Bertz CT molecular complexity index is 588. The number of imidazole rings is 1. The third kappa shape index (κ3) is 4.91. The number of hydrogen-bond acceptors (Lipinski definition) is 4. The summed E-state index contributed by atoms with van der Waals surface area (Å²) in [5.74, 6) is 0.644. The molecular formula is C16H22FN3O2. The van der Waals surface area contributed by atoms with Crippen LogP contribution < -0.4 is 0 Å². The van der Waals surface area contributed by atoms with Crippen LogP contribution in [-0.2, 0) is 24.9 Å². The molecule has 0 amide bonds. The van der Waals surface area contributed by atoms with Crippen molar-refractivity contribution in [2.24, 2.45) is 7.05 Å². The van der Waals surface area contributed by atoms with Crippen molar-refractivity contribution in [2.45, 2.75) is 19.3 Å². The van der Waals surface area contributed by atoms with Crippen LogP contribution in [0.5, 0.6) is 0 Å². The van der Waals surface area contributed by atoms with Crippen LogP contribution in [0.1, 0.15) is 11.4 Å². The summed E-state index contributed by atoms with van der Waals surface area (Å²) < 4.78 is 20.7. The van der Waals surface area contributed by atoms with Gasteiger partial charge in [0.05, 0.1) is 25.9 Å². The fraction of sp³-hybridized carbons (Fsp3) is 0.438. The number of nitrogens with zero attached hydrogens (tertiary/aromatic N) is 3. The van der Waals surface area contributed by atoms with Gasteiger partial charge in [0.25, 0.3) is 0 Å². The van der Waals surface area contributed by atoms with Gasteiger partial charge in [-0.1, -0.05) is 18.2 Å². The first-order valence-corrected chi connectivity index (χ1v) is 7.20. The highest BCUT2D eigenvalue weighted by atomic mass is 19.1. The topological polar surface area (TPSA) is 50.5 Å². The van der Waals surface area contributed by atoms with Crippen molar-refractivity contribution in [1.82, 2.24) is 14.5 Å². The number of aryl methyl sites for hydroxylation is 1. The smallest absolute Gasteiger partial charge is 0.128 e. The number of aromatic nitrogens is 2. The van der Waals surface area contributed by atoms with Crippen molar-refractivity contribution in [3.8, 4) is 0 Å². The molecule has 1 aromatic heterocycles. The largest absolute Gasteiger partial charge is 0.389 e. The van der Waals surface area contributed by atoms with Crippen molar-refractivity contribution in [3.63, 3.8) is 0 Å². The summed E-state index contributed by atoms with van der Waals surface area (Å²) in [7, 11) is 3.85. The van der Waals surface area contributed by atoms with Crippen LogP contribution in [0.15, 0.2) is 36.7 Å². The molecule has 1 atom stereocenters. The standard InChI is InChI=1S/C16H22FN3O2/c1-19(10-16-18-7-8-20(16)2)9-14(21)12-22-11-13-5-3-4-6-15(13)17/h3-8,14,21H,9-12H2,1-2H3. The van der Waals surface area contributed by atoms with Gasteiger partial charge >= 0.3 is 0 Å². The highest BCUT2D eigenvalue weighted by Crippen LogP contribution is 2.08. The van der Waals surface area contributed by atoms with Crippen LogP contribution in [-0.4, -0.2) is 45.9 Å². The van der Waals surface area contributed by atoms with E-state index in [0.717, 1.165) is 5.82 Å². The van der Waals surface area contributed by atoms with Gasteiger partial charge in [0.15, 0.2) is 0 Å². The molecule has 6 heteroatoms. The van der Waals surface area contributed by atoms with Crippen molar-refractivity contribution in [3.05, 3.63) is 53.9 Å². The Morgan fingerprint density at radius 3 is 2.86 bits per heavy atom. The number of aliphatic hydroxyl groups is 1. The molecule has 0 fully saturated rings. The van der Waals surface area contributed by atoms with E-state index >= 15 is 0 Å². The highest BCUT2D eigenvalue weighted by Gasteiger charge is 2.11. The number of rotatable bonds is 8. The number of aliphatic hydroxyl groups excluding tert-OH is 1. The summed E-state index contributed by atoms with van der Waals surface area (Å²) in [6, 6.07) is 6.48. The average molecular weight is 307 g/mol. The Morgan fingerprint density at radius 1 is 1.41 bits per heavy atom. The number of halogens is 1. The summed E-state index contributed by atoms with van der Waals surface area (Å²) in [6.45, 7) is 1.43. The second kappa shape index (κ2) is 8.03. The van der Waals surface area contributed by atoms with Gasteiger partial charge in [-0.3, -0.25) is 4.90 Å². The minimum Gasteiger partial charge on any atom is -0.389 e. The van der Waals surface area contributed by atoms with E-state index in [1.54, 1.807) is 24.4 Å². The van der Waals surface area contributed by atoms with Gasteiger partial charge in [-0.25, -0.2) is 9.37 Å². The van der Waals surface area contributed by atoms with Gasteiger partial charge in [-0.05, 0) is 13.1 Å². The van der Waals surface area contributed by atoms with Gasteiger partial charge in [0.2, 0.25) is 0 Å². The molecule has 1 heterocycles. The third-order valence-corrected chi connectivity index (χ3v) is 3.38. The molecule has 22 heavy (non-hydrogen) atoms. The summed E-state index contributed by atoms with van der Waals surface area (Å²) in [6.07, 6.45) is 3.01. The molecule has 0 aliphatic carbocycles. The molecule has 5 nitrogen and oxygen atoms in total. The van der Waals surface area contributed by atoms with Crippen LogP contribution in [0, 0.1) is 5.82 Å². The molecule has 0 aliphatic rings. The predicted octanol–water partition coefficient (Wildman–Crippen LogP) is 1.57. The molecule has 0 bridgehead atoms. The molecule has 1 N–H and O–H groups in total. The molecule has 120 valence electrons. The van der Waals surface area contributed by atoms with Crippen LogP contribution in [0.25, 0.3) is 0 Å². The fourth-order valence-corrected chi connectivity index (χ4v) is 2.19. The van der Waals surface area contributed by atoms with Gasteiger partial charge in [-0.2, -0.15) is 0 Å². The van der Waals surface area contributed by atoms with Gasteiger partial charge in [0, 0.05) is 31.5 Å². The monoisotopic (exact) mass is 307 g/mol. The van der Waals surface area contributed by atoms with Crippen LogP contribution in [0.2, 0.25) is 0 Å². The quantitative estimate of drug-likeness (QED) is 0.804. The van der Waals surface area contributed by atoms with E-state index in [9.17, 15) is 9.50 Å². The van der Waals surface area contributed by atoms with E-state index in [1.165, 1.54) is 6.07 Å². The van der Waals surface area contributed by atoms with Gasteiger partial charge in [0.1, 0.15) is 11.6 Å². The van der Waals surface area contributed by atoms with Crippen LogP contribution >= 0.6 is 0 Å². The summed E-state index contributed by atoms with van der Waals surface area (Å²) in [5.41, 5.74) is 0.496. The maximum Gasteiger partial charge on any atom is 0.128 e. The zero-order valence-corrected chi connectivity index (χ0v) is 12.9. The van der Waals surface area contributed by atoms with Crippen molar-refractivity contribution in [1.29, 1.82) is 0 Å². The Labute approximate surface area is 130 Å². The molecule has 0 radical (unpaired) electrons. The lowest BCUT2D eigenvalue weighted by Crippen LogP contribution is -2.32. The highest BCUT2D eigenvalue weighted by molar-refractivity contribution is 5.16. The normalized spacial score (nSPS) is 12.8. The Morgan fingerprint density at radius 2 is 2.18 bits per heavy atom.